The molecule has 1 aliphatic heterocycles. The topological polar surface area (TPSA) is 75.5 Å². The number of carboxylic acid groups (broad SMARTS) is 1. The molecule has 3 aromatic rings. The highest BCUT2D eigenvalue weighted by molar-refractivity contribution is 8.01. The molecule has 33 heavy (non-hydrogen) atoms. The zero-order valence-electron chi connectivity index (χ0n) is 18.6. The molecule has 9 heteroatoms. The molecule has 3 heterocycles. The highest BCUT2D eigenvalue weighted by atomic mass is 32.2. The number of carboxylic acids is 1. The van der Waals surface area contributed by atoms with Gasteiger partial charge < -0.3 is 14.7 Å². The molecule has 2 atom stereocenters. The van der Waals surface area contributed by atoms with E-state index in [1.165, 1.54) is 6.20 Å². The number of thiazole rings is 1. The third-order valence-corrected chi connectivity index (χ3v) is 8.28. The number of halogens is 1. The summed E-state index contributed by atoms with van der Waals surface area (Å²) < 4.78 is 20.9. The molecule has 1 aliphatic rings. The smallest absolute Gasteiger partial charge is 0.308 e. The van der Waals surface area contributed by atoms with Crippen molar-refractivity contribution in [2.75, 3.05) is 32.5 Å². The van der Waals surface area contributed by atoms with E-state index < -0.39 is 5.97 Å². The number of aryl methyl sites for hydroxylation is 1. The number of methoxy groups -OCH3 is 1. The van der Waals surface area contributed by atoms with Crippen LogP contribution in [0.4, 0.5) is 4.39 Å². The van der Waals surface area contributed by atoms with Crippen molar-refractivity contribution in [2.45, 2.75) is 30.0 Å². The van der Waals surface area contributed by atoms with Gasteiger partial charge in [-0.25, -0.2) is 9.37 Å². The van der Waals surface area contributed by atoms with Crippen molar-refractivity contribution < 1.29 is 19.0 Å². The quantitative estimate of drug-likeness (QED) is 0.403. The number of thioether (sulfide) groups is 1. The maximum Gasteiger partial charge on any atom is 0.308 e. The third-order valence-electron chi connectivity index (χ3n) is 6.34. The lowest BCUT2D eigenvalue weighted by molar-refractivity contribution is -0.146. The molecule has 0 saturated carbocycles. The number of hydrogen-bond acceptors (Lipinski definition) is 7. The number of fused-ring (bicyclic) bond motifs is 1. The Morgan fingerprint density at radius 2 is 2.27 bits per heavy atom. The lowest BCUT2D eigenvalue weighted by Gasteiger charge is -2.36. The second kappa shape index (κ2) is 11.3. The summed E-state index contributed by atoms with van der Waals surface area (Å²) in [7, 11) is 1.59. The first-order valence-electron chi connectivity index (χ1n) is 11.1. The Bertz CT molecular complexity index is 1080. The van der Waals surface area contributed by atoms with Crippen LogP contribution in [0.3, 0.4) is 0 Å². The average molecular weight is 490 g/mol. The molecule has 0 bridgehead atoms. The Balaban J connectivity index is 1.33. The molecule has 4 rings (SSSR count). The molecule has 176 valence electrons. The van der Waals surface area contributed by atoms with Gasteiger partial charge in [-0.05, 0) is 61.9 Å². The van der Waals surface area contributed by atoms with E-state index in [4.69, 9.17) is 4.74 Å². The molecule has 1 N–H and O–H groups in total. The zero-order valence-corrected chi connectivity index (χ0v) is 20.2. The van der Waals surface area contributed by atoms with Gasteiger partial charge in [0.15, 0.2) is 0 Å². The summed E-state index contributed by atoms with van der Waals surface area (Å²) in [6.07, 6.45) is 5.98. The lowest BCUT2D eigenvalue weighted by atomic mass is 9.81. The second-order valence-corrected chi connectivity index (χ2v) is 10.5. The second-order valence-electron chi connectivity index (χ2n) is 8.30. The van der Waals surface area contributed by atoms with Gasteiger partial charge in [0, 0.05) is 35.8 Å². The summed E-state index contributed by atoms with van der Waals surface area (Å²) in [6, 6.07) is 5.47. The predicted octanol–water partition coefficient (Wildman–Crippen LogP) is 4.98. The van der Waals surface area contributed by atoms with E-state index in [1.54, 1.807) is 36.4 Å². The summed E-state index contributed by atoms with van der Waals surface area (Å²) in [6.45, 7) is 2.33. The minimum atomic E-state index is -0.734. The fourth-order valence-electron chi connectivity index (χ4n) is 4.56. The van der Waals surface area contributed by atoms with Crippen molar-refractivity contribution >= 4 is 40.0 Å². The van der Waals surface area contributed by atoms with Crippen LogP contribution in [0.2, 0.25) is 0 Å². The molecular formula is C24H28FN3O3S2. The standard InChI is InChI=1S/C24H28FN3O3S2/c1-31-17-5-6-22-19(13-17)18(21(25)14-27-22)4-2-3-16-7-9-28(15-20(16)23(29)30)10-12-33-24-26-8-11-32-24/h5-6,8,11,13-14,16,20H,2-4,7,9-10,12,15H2,1H3,(H,29,30)/t16-,20+/m0/s1. The van der Waals surface area contributed by atoms with Gasteiger partial charge in [0.05, 0.1) is 24.7 Å². The fourth-order valence-corrected chi connectivity index (χ4v) is 6.27. The van der Waals surface area contributed by atoms with Gasteiger partial charge in [0.2, 0.25) is 0 Å². The van der Waals surface area contributed by atoms with Crippen LogP contribution in [0.15, 0.2) is 40.3 Å². The van der Waals surface area contributed by atoms with Gasteiger partial charge in [0.1, 0.15) is 15.9 Å². The van der Waals surface area contributed by atoms with Gasteiger partial charge in [-0.1, -0.05) is 11.8 Å². The van der Waals surface area contributed by atoms with Crippen LogP contribution in [0.25, 0.3) is 10.9 Å². The molecule has 6 nitrogen and oxygen atoms in total. The van der Waals surface area contributed by atoms with Crippen LogP contribution in [-0.2, 0) is 11.2 Å². The van der Waals surface area contributed by atoms with Gasteiger partial charge in [-0.2, -0.15) is 0 Å². The number of hydrogen-bond donors (Lipinski definition) is 1. The number of aromatic nitrogens is 2. The largest absolute Gasteiger partial charge is 0.497 e. The fraction of sp³-hybridized carbons (Fsp3) is 0.458. The third kappa shape index (κ3) is 6.02. The van der Waals surface area contributed by atoms with E-state index in [0.717, 1.165) is 53.3 Å². The molecule has 0 amide bonds. The van der Waals surface area contributed by atoms with E-state index in [1.807, 2.05) is 23.6 Å². The number of aliphatic carboxylic acids is 1. The number of likely N-dealkylation sites (tertiary alicyclic amines) is 1. The average Bonchev–Trinajstić information content (AvgIpc) is 3.34. The van der Waals surface area contributed by atoms with Gasteiger partial charge >= 0.3 is 5.97 Å². The van der Waals surface area contributed by atoms with Crippen LogP contribution in [0.1, 0.15) is 24.8 Å². The van der Waals surface area contributed by atoms with E-state index in [-0.39, 0.29) is 17.7 Å². The molecule has 1 aromatic carbocycles. The highest BCUT2D eigenvalue weighted by Crippen LogP contribution is 2.31. The normalized spacial score (nSPS) is 19.1. The Morgan fingerprint density at radius 1 is 1.39 bits per heavy atom. The van der Waals surface area contributed by atoms with Crippen LogP contribution in [-0.4, -0.2) is 58.4 Å². The van der Waals surface area contributed by atoms with E-state index in [9.17, 15) is 14.3 Å². The number of carbonyl (C=O) groups is 1. The van der Waals surface area contributed by atoms with Crippen LogP contribution in [0.5, 0.6) is 5.75 Å². The first kappa shape index (κ1) is 23.9. The van der Waals surface area contributed by atoms with Crippen LogP contribution >= 0.6 is 23.1 Å². The van der Waals surface area contributed by atoms with Crippen molar-refractivity contribution in [1.29, 1.82) is 0 Å². The number of benzene rings is 1. The summed E-state index contributed by atoms with van der Waals surface area (Å²) in [5.41, 5.74) is 1.36. The number of ether oxygens (including phenoxy) is 1. The SMILES string of the molecule is COc1ccc2ncc(F)c(CCC[C@H]3CCN(CCSc4nccs4)C[C@H]3C(=O)O)c2c1. The highest BCUT2D eigenvalue weighted by Gasteiger charge is 2.33. The number of piperidine rings is 1. The zero-order chi connectivity index (χ0) is 23.2. The monoisotopic (exact) mass is 489 g/mol. The molecule has 0 aliphatic carbocycles. The van der Waals surface area contributed by atoms with Crippen LogP contribution in [0, 0.1) is 17.7 Å². The van der Waals surface area contributed by atoms with Gasteiger partial charge in [-0.15, -0.1) is 11.3 Å². The molecule has 1 fully saturated rings. The van der Waals surface area contributed by atoms with E-state index in [2.05, 4.69) is 14.9 Å². The van der Waals surface area contributed by atoms with E-state index in [0.29, 0.717) is 24.3 Å². The Kier molecular flexibility index (Phi) is 8.16. The summed E-state index contributed by atoms with van der Waals surface area (Å²) in [5.74, 6) is 0.240. The van der Waals surface area contributed by atoms with Gasteiger partial charge in [-0.3, -0.25) is 9.78 Å². The summed E-state index contributed by atoms with van der Waals surface area (Å²) in [4.78, 5) is 22.7. The number of rotatable bonds is 10. The summed E-state index contributed by atoms with van der Waals surface area (Å²) in [5, 5.41) is 12.6. The lowest BCUT2D eigenvalue weighted by Crippen LogP contribution is -2.44. The maximum atomic E-state index is 14.6. The molecule has 0 radical (unpaired) electrons. The van der Waals surface area contributed by atoms with Crippen molar-refractivity contribution in [1.82, 2.24) is 14.9 Å². The Morgan fingerprint density at radius 3 is 3.03 bits per heavy atom. The maximum absolute atomic E-state index is 14.6. The molecule has 2 aromatic heterocycles. The minimum absolute atomic E-state index is 0.107. The van der Waals surface area contributed by atoms with Crippen molar-refractivity contribution in [3.63, 3.8) is 0 Å². The Hall–Kier alpha value is -2.23. The first-order chi connectivity index (χ1) is 16.0. The predicted molar refractivity (Wildman–Crippen MR) is 130 cm³/mol. The van der Waals surface area contributed by atoms with Crippen molar-refractivity contribution in [3.05, 3.63) is 47.4 Å². The molecule has 0 unspecified atom stereocenters. The van der Waals surface area contributed by atoms with E-state index >= 15 is 0 Å². The van der Waals surface area contributed by atoms with Crippen LogP contribution < -0.4 is 4.74 Å². The Labute approximate surface area is 201 Å². The number of nitrogens with zero attached hydrogens (tertiary/aromatic N) is 3. The molecule has 0 spiro atoms. The first-order valence-corrected chi connectivity index (χ1v) is 13.0. The summed E-state index contributed by atoms with van der Waals surface area (Å²) >= 11 is 3.34. The molecular weight excluding hydrogens is 461 g/mol. The van der Waals surface area contributed by atoms with Gasteiger partial charge in [0.25, 0.3) is 0 Å². The number of pyridine rings is 1. The van der Waals surface area contributed by atoms with Crippen molar-refractivity contribution in [3.8, 4) is 5.75 Å². The molecule has 1 saturated heterocycles. The van der Waals surface area contributed by atoms with Crippen molar-refractivity contribution in [2.24, 2.45) is 11.8 Å². The minimum Gasteiger partial charge on any atom is -0.497 e.